The summed E-state index contributed by atoms with van der Waals surface area (Å²) < 4.78 is 32.9. The predicted molar refractivity (Wildman–Crippen MR) is 114 cm³/mol. The van der Waals surface area contributed by atoms with Gasteiger partial charge in [0.2, 0.25) is 10.0 Å². The number of nitriles is 1. The molecule has 2 N–H and O–H groups in total. The van der Waals surface area contributed by atoms with E-state index in [9.17, 15) is 13.2 Å². The zero-order chi connectivity index (χ0) is 22.1. The fraction of sp³-hybridized carbons (Fsp3) is 0.273. The molecule has 0 bridgehead atoms. The largest absolute Gasteiger partial charge is 0.495 e. The molecule has 0 saturated carbocycles. The molecule has 0 aliphatic carbocycles. The average Bonchev–Trinajstić information content (AvgIpc) is 2.73. The number of allylic oxidation sites excluding steroid dienone is 1. The van der Waals surface area contributed by atoms with Crippen LogP contribution in [-0.4, -0.2) is 33.1 Å². The van der Waals surface area contributed by atoms with Gasteiger partial charge in [-0.3, -0.25) is 0 Å². The zero-order valence-electron chi connectivity index (χ0n) is 16.9. The van der Waals surface area contributed by atoms with Gasteiger partial charge in [-0.15, -0.1) is 0 Å². The van der Waals surface area contributed by atoms with Gasteiger partial charge in [-0.25, -0.2) is 17.9 Å². The minimum Gasteiger partial charge on any atom is -0.495 e. The molecule has 0 saturated heterocycles. The molecule has 0 aromatic heterocycles. The lowest BCUT2D eigenvalue weighted by atomic mass is 9.99. The van der Waals surface area contributed by atoms with Crippen molar-refractivity contribution in [2.45, 2.75) is 31.1 Å². The lowest BCUT2D eigenvalue weighted by Crippen LogP contribution is -2.26. The molecule has 2 aromatic rings. The highest BCUT2D eigenvalue weighted by Gasteiger charge is 2.19. The molecule has 2 rings (SSSR count). The van der Waals surface area contributed by atoms with Gasteiger partial charge in [0.05, 0.1) is 18.7 Å². The van der Waals surface area contributed by atoms with E-state index in [4.69, 9.17) is 15.1 Å². The fourth-order valence-corrected chi connectivity index (χ4v) is 4.19. The summed E-state index contributed by atoms with van der Waals surface area (Å²) >= 11 is 0. The van der Waals surface area contributed by atoms with Crippen LogP contribution in [0.2, 0.25) is 0 Å². The first-order chi connectivity index (χ1) is 14.3. The van der Waals surface area contributed by atoms with Gasteiger partial charge in [0.1, 0.15) is 10.6 Å². The van der Waals surface area contributed by atoms with Gasteiger partial charge in [-0.1, -0.05) is 37.6 Å². The molecule has 0 aliphatic rings. The zero-order valence-corrected chi connectivity index (χ0v) is 17.7. The van der Waals surface area contributed by atoms with E-state index < -0.39 is 16.0 Å². The molecule has 0 amide bonds. The SMILES string of the molecule is CCCC(=CC(=O)O)c1ccc(CCNS(=O)(=O)c2cc(C#N)ccc2OC)cc1. The number of nitrogens with one attached hydrogen (secondary N) is 1. The molecule has 0 fully saturated rings. The van der Waals surface area contributed by atoms with Gasteiger partial charge in [0, 0.05) is 12.6 Å². The lowest BCUT2D eigenvalue weighted by molar-refractivity contribution is -0.131. The predicted octanol–water partition coefficient (Wildman–Crippen LogP) is 3.36. The summed E-state index contributed by atoms with van der Waals surface area (Å²) in [5.41, 5.74) is 2.72. The van der Waals surface area contributed by atoms with Gasteiger partial charge >= 0.3 is 5.97 Å². The van der Waals surface area contributed by atoms with Crippen molar-refractivity contribution >= 4 is 21.6 Å². The Labute approximate surface area is 176 Å². The number of nitrogens with zero attached hydrogens (tertiary/aromatic N) is 1. The number of ether oxygens (including phenoxy) is 1. The molecule has 7 nitrogen and oxygen atoms in total. The van der Waals surface area contributed by atoms with E-state index in [0.717, 1.165) is 23.1 Å². The smallest absolute Gasteiger partial charge is 0.328 e. The topological polar surface area (TPSA) is 116 Å². The first kappa shape index (κ1) is 23.1. The first-order valence-electron chi connectivity index (χ1n) is 9.41. The minimum absolute atomic E-state index is 0.0811. The van der Waals surface area contributed by atoms with Gasteiger partial charge in [-0.2, -0.15) is 5.26 Å². The van der Waals surface area contributed by atoms with Crippen molar-refractivity contribution < 1.29 is 23.1 Å². The summed E-state index contributed by atoms with van der Waals surface area (Å²) in [6.07, 6.45) is 3.16. The second-order valence-corrected chi connectivity index (χ2v) is 8.32. The number of benzene rings is 2. The highest BCUT2D eigenvalue weighted by Crippen LogP contribution is 2.25. The number of sulfonamides is 1. The third kappa shape index (κ3) is 6.17. The van der Waals surface area contributed by atoms with Crippen LogP contribution in [-0.2, 0) is 21.2 Å². The number of aliphatic carboxylic acids is 1. The maximum Gasteiger partial charge on any atom is 0.328 e. The summed E-state index contributed by atoms with van der Waals surface area (Å²) in [7, 11) is -2.48. The van der Waals surface area contributed by atoms with E-state index in [0.29, 0.717) is 12.8 Å². The molecule has 2 aromatic carbocycles. The Morgan fingerprint density at radius 2 is 1.93 bits per heavy atom. The summed E-state index contributed by atoms with van der Waals surface area (Å²) in [5.74, 6) is -0.813. The molecule has 8 heteroatoms. The Morgan fingerprint density at radius 1 is 1.23 bits per heavy atom. The second-order valence-electron chi connectivity index (χ2n) is 6.58. The van der Waals surface area contributed by atoms with Crippen molar-refractivity contribution in [3.05, 3.63) is 65.2 Å². The highest BCUT2D eigenvalue weighted by atomic mass is 32.2. The van der Waals surface area contributed by atoms with Crippen LogP contribution in [0.1, 0.15) is 36.5 Å². The standard InChI is InChI=1S/C22H24N2O5S/c1-3-4-19(14-22(25)26)18-8-5-16(6-9-18)11-12-24-30(27,28)21-13-17(15-23)7-10-20(21)29-2/h5-10,13-14,24H,3-4,11-12H2,1-2H3,(H,25,26). The van der Waals surface area contributed by atoms with E-state index in [1.165, 1.54) is 31.4 Å². The van der Waals surface area contributed by atoms with E-state index in [2.05, 4.69) is 4.72 Å². The molecule has 30 heavy (non-hydrogen) atoms. The summed E-state index contributed by atoms with van der Waals surface area (Å²) in [5, 5.41) is 18.0. The van der Waals surface area contributed by atoms with Crippen molar-refractivity contribution in [2.75, 3.05) is 13.7 Å². The molecule has 0 atom stereocenters. The molecule has 158 valence electrons. The van der Waals surface area contributed by atoms with Gasteiger partial charge < -0.3 is 9.84 Å². The van der Waals surface area contributed by atoms with Crippen molar-refractivity contribution in [1.29, 1.82) is 5.26 Å². The van der Waals surface area contributed by atoms with Crippen molar-refractivity contribution in [2.24, 2.45) is 0 Å². The number of hydrogen-bond acceptors (Lipinski definition) is 5. The number of hydrogen-bond donors (Lipinski definition) is 2. The van der Waals surface area contributed by atoms with Crippen LogP contribution in [0, 0.1) is 11.3 Å². The summed E-state index contributed by atoms with van der Waals surface area (Å²) in [6.45, 7) is 2.14. The van der Waals surface area contributed by atoms with Gasteiger partial charge in [0.15, 0.2) is 0 Å². The Bertz CT molecular complexity index is 1070. The second kappa shape index (κ2) is 10.6. The lowest BCUT2D eigenvalue weighted by Gasteiger charge is -2.11. The van der Waals surface area contributed by atoms with Gasteiger partial charge in [0.25, 0.3) is 0 Å². The van der Waals surface area contributed by atoms with Crippen LogP contribution in [0.3, 0.4) is 0 Å². The van der Waals surface area contributed by atoms with Crippen molar-refractivity contribution in [1.82, 2.24) is 4.72 Å². The van der Waals surface area contributed by atoms with E-state index in [1.807, 2.05) is 37.3 Å². The normalized spacial score (nSPS) is 11.7. The fourth-order valence-electron chi connectivity index (χ4n) is 2.97. The minimum atomic E-state index is -3.85. The quantitative estimate of drug-likeness (QED) is 0.561. The van der Waals surface area contributed by atoms with E-state index in [1.54, 1.807) is 0 Å². The van der Waals surface area contributed by atoms with Gasteiger partial charge in [-0.05, 0) is 47.7 Å². The summed E-state index contributed by atoms with van der Waals surface area (Å²) in [4.78, 5) is 10.9. The molecule has 0 heterocycles. The first-order valence-corrected chi connectivity index (χ1v) is 10.9. The molecule has 0 radical (unpaired) electrons. The number of carboxylic acid groups (broad SMARTS) is 1. The third-order valence-electron chi connectivity index (χ3n) is 4.43. The average molecular weight is 429 g/mol. The summed E-state index contributed by atoms with van der Waals surface area (Å²) in [6, 6.07) is 13.5. The Balaban J connectivity index is 2.08. The van der Waals surface area contributed by atoms with Crippen LogP contribution < -0.4 is 9.46 Å². The number of methoxy groups -OCH3 is 1. The Morgan fingerprint density at radius 3 is 2.50 bits per heavy atom. The molecule has 0 unspecified atom stereocenters. The monoisotopic (exact) mass is 428 g/mol. The number of carboxylic acids is 1. The van der Waals surface area contributed by atoms with Crippen LogP contribution in [0.4, 0.5) is 0 Å². The number of rotatable bonds is 10. The van der Waals surface area contributed by atoms with Crippen LogP contribution in [0.25, 0.3) is 5.57 Å². The van der Waals surface area contributed by atoms with E-state index in [-0.39, 0.29) is 22.8 Å². The van der Waals surface area contributed by atoms with Crippen molar-refractivity contribution in [3.8, 4) is 11.8 Å². The Hall–Kier alpha value is -3.15. The maximum atomic E-state index is 12.6. The maximum absolute atomic E-state index is 12.6. The van der Waals surface area contributed by atoms with Crippen molar-refractivity contribution in [3.63, 3.8) is 0 Å². The molecule has 0 aliphatic heterocycles. The number of carbonyl (C=O) groups is 1. The van der Waals surface area contributed by atoms with Crippen LogP contribution in [0.5, 0.6) is 5.75 Å². The molecule has 0 spiro atoms. The molecular formula is C22H24N2O5S. The highest BCUT2D eigenvalue weighted by molar-refractivity contribution is 7.89. The van der Waals surface area contributed by atoms with Crippen LogP contribution in [0.15, 0.2) is 53.4 Å². The molecular weight excluding hydrogens is 404 g/mol. The van der Waals surface area contributed by atoms with E-state index >= 15 is 0 Å². The van der Waals surface area contributed by atoms with Crippen LogP contribution >= 0.6 is 0 Å². The third-order valence-corrected chi connectivity index (χ3v) is 5.91. The Kier molecular flexibility index (Phi) is 8.16.